The maximum absolute atomic E-state index is 3.88. The Morgan fingerprint density at radius 1 is 0.652 bits per heavy atom. The van der Waals surface area contributed by atoms with Crippen LogP contribution in [-0.2, 0) is 0 Å². The van der Waals surface area contributed by atoms with Gasteiger partial charge in [0.1, 0.15) is 0 Å². The largest absolute Gasteiger partial charge is 0.308 e. The number of hydrogen-bond acceptors (Lipinski definition) is 1. The average molecular weight is 390 g/mol. The maximum atomic E-state index is 3.88. The zero-order chi connectivity index (χ0) is 17.4. The average Bonchev–Trinajstić information content (AvgIpc) is 2.46. The van der Waals surface area contributed by atoms with Gasteiger partial charge in [0.15, 0.2) is 0 Å². The Labute approximate surface area is 156 Å². The molecule has 0 bridgehead atoms. The van der Waals surface area contributed by atoms with E-state index in [0.29, 0.717) is 4.32 Å². The van der Waals surface area contributed by atoms with Crippen molar-refractivity contribution in [2.24, 2.45) is 0 Å². The van der Waals surface area contributed by atoms with E-state index in [4.69, 9.17) is 0 Å². The Balaban J connectivity index is 3.19. The summed E-state index contributed by atoms with van der Waals surface area (Å²) in [7, 11) is 4.31. The van der Waals surface area contributed by atoms with Gasteiger partial charge in [0.05, 0.1) is 0 Å². The maximum Gasteiger partial charge on any atom is 0.0356 e. The van der Waals surface area contributed by atoms with Gasteiger partial charge < -0.3 is 4.90 Å². The molecule has 0 heterocycles. The van der Waals surface area contributed by atoms with Crippen LogP contribution in [-0.4, -0.2) is 29.9 Å². The van der Waals surface area contributed by atoms with Crippen LogP contribution < -0.4 is 0 Å². The van der Waals surface area contributed by atoms with E-state index in [1.165, 1.54) is 96.3 Å². The van der Waals surface area contributed by atoms with Crippen molar-refractivity contribution in [1.29, 1.82) is 0 Å². The second-order valence-electron chi connectivity index (χ2n) is 8.00. The third-order valence-electron chi connectivity index (χ3n) is 4.70. The first-order valence-electron chi connectivity index (χ1n) is 10.3. The molecule has 0 amide bonds. The van der Waals surface area contributed by atoms with Gasteiger partial charge in [0.25, 0.3) is 0 Å². The monoisotopic (exact) mass is 389 g/mol. The molecule has 0 aromatic carbocycles. The van der Waals surface area contributed by atoms with Gasteiger partial charge in [-0.05, 0) is 27.4 Å². The molecule has 0 aromatic rings. The fourth-order valence-electron chi connectivity index (χ4n) is 3.43. The van der Waals surface area contributed by atoms with E-state index in [2.05, 4.69) is 48.8 Å². The Kier molecular flexibility index (Phi) is 16.2. The van der Waals surface area contributed by atoms with Crippen LogP contribution in [0.15, 0.2) is 0 Å². The third-order valence-corrected chi connectivity index (χ3v) is 5.34. The summed E-state index contributed by atoms with van der Waals surface area (Å²) in [5.74, 6) is 0. The van der Waals surface area contributed by atoms with Crippen LogP contribution in [0, 0.1) is 0 Å². The number of alkyl halides is 1. The molecule has 0 aliphatic heterocycles. The van der Waals surface area contributed by atoms with Gasteiger partial charge in [-0.15, -0.1) is 0 Å². The number of hydrogen-bond donors (Lipinski definition) is 0. The molecule has 2 heteroatoms. The minimum absolute atomic E-state index is 0.299. The Morgan fingerprint density at radius 3 is 1.35 bits per heavy atom. The summed E-state index contributed by atoms with van der Waals surface area (Å²) in [5.41, 5.74) is 0. The second-order valence-corrected chi connectivity index (χ2v) is 9.91. The summed E-state index contributed by atoms with van der Waals surface area (Å²) in [6.45, 7) is 5.75. The van der Waals surface area contributed by atoms with Crippen LogP contribution in [0.5, 0.6) is 0 Å². The SMILES string of the molecule is CCCCCCCCCCCCCCCCC(C)(Br)CN(C)C. The highest BCUT2D eigenvalue weighted by molar-refractivity contribution is 9.10. The number of halogens is 1. The molecule has 0 aliphatic carbocycles. The van der Waals surface area contributed by atoms with Gasteiger partial charge in [-0.3, -0.25) is 0 Å². The topological polar surface area (TPSA) is 3.24 Å². The van der Waals surface area contributed by atoms with Crippen LogP contribution in [0.25, 0.3) is 0 Å². The lowest BCUT2D eigenvalue weighted by molar-refractivity contribution is 0.349. The quantitative estimate of drug-likeness (QED) is 0.183. The molecule has 0 aromatic heterocycles. The van der Waals surface area contributed by atoms with Gasteiger partial charge in [-0.2, -0.15) is 0 Å². The highest BCUT2D eigenvalue weighted by atomic mass is 79.9. The molecule has 0 N–H and O–H groups in total. The molecule has 0 aliphatic rings. The Bertz CT molecular complexity index is 238. The van der Waals surface area contributed by atoms with E-state index < -0.39 is 0 Å². The molecular formula is C21H44BrN. The zero-order valence-corrected chi connectivity index (χ0v) is 18.2. The van der Waals surface area contributed by atoms with Crippen LogP contribution in [0.3, 0.4) is 0 Å². The lowest BCUT2D eigenvalue weighted by atomic mass is 10.0. The van der Waals surface area contributed by atoms with Crippen molar-refractivity contribution in [3.05, 3.63) is 0 Å². The minimum atomic E-state index is 0.299. The van der Waals surface area contributed by atoms with E-state index >= 15 is 0 Å². The first-order valence-corrected chi connectivity index (χ1v) is 11.1. The molecule has 1 nitrogen and oxygen atoms in total. The van der Waals surface area contributed by atoms with Gasteiger partial charge in [0, 0.05) is 10.9 Å². The van der Waals surface area contributed by atoms with Crippen LogP contribution in [0.2, 0.25) is 0 Å². The first kappa shape index (κ1) is 23.4. The van der Waals surface area contributed by atoms with E-state index in [1.807, 2.05) is 0 Å². The van der Waals surface area contributed by atoms with Crippen molar-refractivity contribution < 1.29 is 0 Å². The lowest BCUT2D eigenvalue weighted by Gasteiger charge is -2.26. The summed E-state index contributed by atoms with van der Waals surface area (Å²) >= 11 is 3.88. The molecule has 0 radical (unpaired) electrons. The Hall–Kier alpha value is 0.440. The molecule has 0 saturated carbocycles. The number of rotatable bonds is 17. The first-order chi connectivity index (χ1) is 11.0. The number of nitrogens with zero attached hydrogens (tertiary/aromatic N) is 1. The lowest BCUT2D eigenvalue weighted by Crippen LogP contribution is -2.31. The summed E-state index contributed by atoms with van der Waals surface area (Å²) < 4.78 is 0.299. The fourth-order valence-corrected chi connectivity index (χ4v) is 4.21. The van der Waals surface area contributed by atoms with Crippen molar-refractivity contribution >= 4 is 15.9 Å². The molecule has 140 valence electrons. The zero-order valence-electron chi connectivity index (χ0n) is 16.6. The predicted molar refractivity (Wildman–Crippen MR) is 111 cm³/mol. The minimum Gasteiger partial charge on any atom is -0.308 e. The van der Waals surface area contributed by atoms with Crippen LogP contribution in [0.4, 0.5) is 0 Å². The predicted octanol–water partition coefficient (Wildman–Crippen LogP) is 7.57. The summed E-state index contributed by atoms with van der Waals surface area (Å²) in [6, 6.07) is 0. The third kappa shape index (κ3) is 18.6. The molecule has 0 rings (SSSR count). The van der Waals surface area contributed by atoms with E-state index in [1.54, 1.807) is 0 Å². The van der Waals surface area contributed by atoms with Crippen LogP contribution >= 0.6 is 15.9 Å². The summed E-state index contributed by atoms with van der Waals surface area (Å²) in [6.07, 6.45) is 21.5. The summed E-state index contributed by atoms with van der Waals surface area (Å²) in [4.78, 5) is 2.28. The molecule has 23 heavy (non-hydrogen) atoms. The molecule has 0 spiro atoms. The van der Waals surface area contributed by atoms with Crippen molar-refractivity contribution in [3.63, 3.8) is 0 Å². The van der Waals surface area contributed by atoms with Crippen molar-refractivity contribution in [2.75, 3.05) is 20.6 Å². The van der Waals surface area contributed by atoms with E-state index in [0.717, 1.165) is 6.54 Å². The van der Waals surface area contributed by atoms with Gasteiger partial charge in [0.2, 0.25) is 0 Å². The van der Waals surface area contributed by atoms with Gasteiger partial charge in [-0.1, -0.05) is 113 Å². The van der Waals surface area contributed by atoms with Gasteiger partial charge in [-0.25, -0.2) is 0 Å². The molecule has 0 saturated heterocycles. The standard InChI is InChI=1S/C21H44BrN/c1-5-6-7-8-9-10-11-12-13-14-15-16-17-18-19-21(2,22)20-23(3)4/h5-20H2,1-4H3. The Morgan fingerprint density at radius 2 is 1.00 bits per heavy atom. The molecular weight excluding hydrogens is 346 g/mol. The van der Waals surface area contributed by atoms with Gasteiger partial charge >= 0.3 is 0 Å². The molecule has 1 unspecified atom stereocenters. The smallest absolute Gasteiger partial charge is 0.0356 e. The van der Waals surface area contributed by atoms with Crippen molar-refractivity contribution in [1.82, 2.24) is 4.90 Å². The van der Waals surface area contributed by atoms with Crippen LogP contribution in [0.1, 0.15) is 110 Å². The number of unbranched alkanes of at least 4 members (excludes halogenated alkanes) is 13. The van der Waals surface area contributed by atoms with E-state index in [9.17, 15) is 0 Å². The molecule has 0 fully saturated rings. The van der Waals surface area contributed by atoms with Crippen molar-refractivity contribution in [2.45, 2.75) is 114 Å². The highest BCUT2D eigenvalue weighted by Gasteiger charge is 2.20. The van der Waals surface area contributed by atoms with E-state index in [-0.39, 0.29) is 0 Å². The highest BCUT2D eigenvalue weighted by Crippen LogP contribution is 2.25. The fraction of sp³-hybridized carbons (Fsp3) is 1.00. The molecule has 1 atom stereocenters. The van der Waals surface area contributed by atoms with Crippen molar-refractivity contribution in [3.8, 4) is 0 Å². The summed E-state index contributed by atoms with van der Waals surface area (Å²) in [5, 5.41) is 0. The second kappa shape index (κ2) is 15.9. The normalized spacial score (nSPS) is 14.3.